The van der Waals surface area contributed by atoms with Gasteiger partial charge in [0.05, 0.1) is 17.1 Å². The van der Waals surface area contributed by atoms with Crippen molar-refractivity contribution in [3.05, 3.63) is 11.4 Å². The van der Waals surface area contributed by atoms with E-state index in [1.807, 2.05) is 25.5 Å². The Bertz CT molecular complexity index is 274. The van der Waals surface area contributed by atoms with Gasteiger partial charge in [0.1, 0.15) is 0 Å². The predicted molar refractivity (Wildman–Crippen MR) is 62.5 cm³/mol. The summed E-state index contributed by atoms with van der Waals surface area (Å²) in [6.45, 7) is 12.3. The minimum absolute atomic E-state index is 0.396. The molecule has 0 aliphatic rings. The van der Waals surface area contributed by atoms with Crippen LogP contribution in [-0.4, -0.2) is 9.78 Å². The molecular weight excluding hydrogens is 174 g/mol. The minimum atomic E-state index is 0.396. The molecule has 0 atom stereocenters. The summed E-state index contributed by atoms with van der Waals surface area (Å²) in [6, 6.07) is 0.396. The summed E-state index contributed by atoms with van der Waals surface area (Å²) in [5.74, 6) is 0. The van der Waals surface area contributed by atoms with Crippen LogP contribution in [0.15, 0.2) is 0 Å². The number of nitrogens with two attached hydrogens (primary N) is 1. The quantitative estimate of drug-likeness (QED) is 0.792. The standard InChI is InChI=1S/C9H17N3.C2H6/c1-5-8-9(10)7(4)12(11-8)6(2)3;1-2/h6H,5,10H2,1-4H3;1-2H3. The molecule has 0 bridgehead atoms. The highest BCUT2D eigenvalue weighted by Gasteiger charge is 2.11. The smallest absolute Gasteiger partial charge is 0.0854 e. The molecular formula is C11H23N3. The number of nitrogens with zero attached hydrogens (tertiary/aromatic N) is 2. The summed E-state index contributed by atoms with van der Waals surface area (Å²) in [5.41, 5.74) is 8.82. The number of rotatable bonds is 2. The number of aryl methyl sites for hydroxylation is 1. The topological polar surface area (TPSA) is 43.8 Å². The summed E-state index contributed by atoms with van der Waals surface area (Å²) < 4.78 is 1.98. The second-order valence-corrected chi connectivity index (χ2v) is 3.34. The van der Waals surface area contributed by atoms with Crippen molar-refractivity contribution in [2.24, 2.45) is 0 Å². The fourth-order valence-corrected chi connectivity index (χ4v) is 1.36. The molecule has 0 amide bonds. The van der Waals surface area contributed by atoms with Gasteiger partial charge in [-0.15, -0.1) is 0 Å². The van der Waals surface area contributed by atoms with Gasteiger partial charge in [-0.05, 0) is 27.2 Å². The molecule has 0 radical (unpaired) electrons. The zero-order chi connectivity index (χ0) is 11.3. The van der Waals surface area contributed by atoms with Crippen molar-refractivity contribution < 1.29 is 0 Å². The van der Waals surface area contributed by atoms with Crippen LogP contribution in [0.3, 0.4) is 0 Å². The molecule has 82 valence electrons. The third-order valence-electron chi connectivity index (χ3n) is 2.10. The van der Waals surface area contributed by atoms with Crippen molar-refractivity contribution in [3.63, 3.8) is 0 Å². The minimum Gasteiger partial charge on any atom is -0.396 e. The lowest BCUT2D eigenvalue weighted by Crippen LogP contribution is -2.05. The average molecular weight is 197 g/mol. The van der Waals surface area contributed by atoms with Crippen LogP contribution in [-0.2, 0) is 6.42 Å². The molecule has 2 N–H and O–H groups in total. The molecule has 0 aromatic carbocycles. The zero-order valence-electron chi connectivity index (χ0n) is 10.3. The Morgan fingerprint density at radius 1 is 1.36 bits per heavy atom. The molecule has 0 saturated heterocycles. The number of hydrogen-bond donors (Lipinski definition) is 1. The van der Waals surface area contributed by atoms with Crippen molar-refractivity contribution in [2.45, 2.75) is 54.0 Å². The van der Waals surface area contributed by atoms with E-state index in [1.165, 1.54) is 0 Å². The maximum absolute atomic E-state index is 5.87. The third-order valence-corrected chi connectivity index (χ3v) is 2.10. The monoisotopic (exact) mass is 197 g/mol. The van der Waals surface area contributed by atoms with Crippen molar-refractivity contribution in [1.29, 1.82) is 0 Å². The van der Waals surface area contributed by atoms with E-state index >= 15 is 0 Å². The van der Waals surface area contributed by atoms with Gasteiger partial charge in [-0.2, -0.15) is 5.10 Å². The van der Waals surface area contributed by atoms with E-state index in [0.29, 0.717) is 6.04 Å². The Kier molecular flexibility index (Phi) is 5.28. The molecule has 1 aromatic heterocycles. The lowest BCUT2D eigenvalue weighted by Gasteiger charge is -2.07. The fraction of sp³-hybridized carbons (Fsp3) is 0.727. The van der Waals surface area contributed by atoms with Crippen LogP contribution in [0.25, 0.3) is 0 Å². The van der Waals surface area contributed by atoms with Crippen LogP contribution in [0, 0.1) is 6.92 Å². The van der Waals surface area contributed by atoms with Gasteiger partial charge in [-0.25, -0.2) is 0 Å². The van der Waals surface area contributed by atoms with E-state index < -0.39 is 0 Å². The Morgan fingerprint density at radius 2 is 1.86 bits per heavy atom. The van der Waals surface area contributed by atoms with E-state index in [0.717, 1.165) is 23.5 Å². The van der Waals surface area contributed by atoms with Crippen LogP contribution in [0.1, 0.15) is 52.0 Å². The van der Waals surface area contributed by atoms with Gasteiger partial charge in [0, 0.05) is 6.04 Å². The van der Waals surface area contributed by atoms with Crippen molar-refractivity contribution in [2.75, 3.05) is 5.73 Å². The average Bonchev–Trinajstić information content (AvgIpc) is 2.47. The Hall–Kier alpha value is -0.990. The van der Waals surface area contributed by atoms with Crippen molar-refractivity contribution in [1.82, 2.24) is 9.78 Å². The molecule has 0 unspecified atom stereocenters. The van der Waals surface area contributed by atoms with Crippen LogP contribution in [0.4, 0.5) is 5.69 Å². The Labute approximate surface area is 87.3 Å². The maximum atomic E-state index is 5.87. The molecule has 1 rings (SSSR count). The Balaban J connectivity index is 0.000000791. The molecule has 0 saturated carbocycles. The molecule has 0 aliphatic heterocycles. The predicted octanol–water partition coefficient (Wildman–Crippen LogP) is 2.94. The highest BCUT2D eigenvalue weighted by atomic mass is 15.3. The summed E-state index contributed by atoms with van der Waals surface area (Å²) in [7, 11) is 0. The normalized spacial score (nSPS) is 9.93. The first-order chi connectivity index (χ1) is 6.57. The van der Waals surface area contributed by atoms with Gasteiger partial charge in [0.2, 0.25) is 0 Å². The van der Waals surface area contributed by atoms with E-state index in [1.54, 1.807) is 0 Å². The van der Waals surface area contributed by atoms with Crippen molar-refractivity contribution in [3.8, 4) is 0 Å². The van der Waals surface area contributed by atoms with E-state index in [-0.39, 0.29) is 0 Å². The summed E-state index contributed by atoms with van der Waals surface area (Å²) >= 11 is 0. The van der Waals surface area contributed by atoms with Gasteiger partial charge < -0.3 is 5.73 Å². The van der Waals surface area contributed by atoms with Crippen LogP contribution in [0.2, 0.25) is 0 Å². The largest absolute Gasteiger partial charge is 0.396 e. The molecule has 0 aliphatic carbocycles. The van der Waals surface area contributed by atoms with Gasteiger partial charge in [-0.3, -0.25) is 4.68 Å². The Morgan fingerprint density at radius 3 is 2.07 bits per heavy atom. The van der Waals surface area contributed by atoms with Gasteiger partial charge in [0.25, 0.3) is 0 Å². The highest BCUT2D eigenvalue weighted by molar-refractivity contribution is 5.47. The second-order valence-electron chi connectivity index (χ2n) is 3.34. The number of anilines is 1. The molecule has 1 aromatic rings. The lowest BCUT2D eigenvalue weighted by atomic mass is 10.2. The van der Waals surface area contributed by atoms with Crippen LogP contribution >= 0.6 is 0 Å². The van der Waals surface area contributed by atoms with E-state index in [2.05, 4.69) is 25.9 Å². The first-order valence-corrected chi connectivity index (χ1v) is 5.41. The summed E-state index contributed by atoms with van der Waals surface area (Å²) in [5, 5.41) is 4.42. The number of nitrogen functional groups attached to an aromatic ring is 1. The number of hydrogen-bond acceptors (Lipinski definition) is 2. The third kappa shape index (κ3) is 2.50. The molecule has 1 heterocycles. The summed E-state index contributed by atoms with van der Waals surface area (Å²) in [4.78, 5) is 0. The molecule has 3 heteroatoms. The van der Waals surface area contributed by atoms with Crippen LogP contribution in [0.5, 0.6) is 0 Å². The lowest BCUT2D eigenvalue weighted by molar-refractivity contribution is 0.514. The SMILES string of the molecule is CC.CCc1nn(C(C)C)c(C)c1N. The first kappa shape index (κ1) is 13.0. The van der Waals surface area contributed by atoms with Crippen LogP contribution < -0.4 is 5.73 Å². The van der Waals surface area contributed by atoms with Gasteiger partial charge in [0.15, 0.2) is 0 Å². The maximum Gasteiger partial charge on any atom is 0.0854 e. The second kappa shape index (κ2) is 5.68. The van der Waals surface area contributed by atoms with E-state index in [4.69, 9.17) is 5.73 Å². The number of aromatic nitrogens is 2. The van der Waals surface area contributed by atoms with Crippen molar-refractivity contribution >= 4 is 5.69 Å². The molecule has 0 spiro atoms. The van der Waals surface area contributed by atoms with Gasteiger partial charge >= 0.3 is 0 Å². The summed E-state index contributed by atoms with van der Waals surface area (Å²) in [6.07, 6.45) is 0.909. The first-order valence-electron chi connectivity index (χ1n) is 5.41. The molecule has 14 heavy (non-hydrogen) atoms. The van der Waals surface area contributed by atoms with Gasteiger partial charge in [-0.1, -0.05) is 20.8 Å². The fourth-order valence-electron chi connectivity index (χ4n) is 1.36. The zero-order valence-corrected chi connectivity index (χ0v) is 10.3. The molecule has 0 fully saturated rings. The van der Waals surface area contributed by atoms with E-state index in [9.17, 15) is 0 Å². The highest BCUT2D eigenvalue weighted by Crippen LogP contribution is 2.19. The molecule has 3 nitrogen and oxygen atoms in total.